The van der Waals surface area contributed by atoms with Crippen molar-refractivity contribution >= 4 is 33.7 Å². The van der Waals surface area contributed by atoms with E-state index in [0.717, 1.165) is 82.0 Å². The van der Waals surface area contributed by atoms with Crippen LogP contribution in [0.25, 0.3) is 21.9 Å². The van der Waals surface area contributed by atoms with Crippen LogP contribution in [0.4, 0.5) is 22.9 Å². The van der Waals surface area contributed by atoms with Gasteiger partial charge in [-0.3, -0.25) is 0 Å². The summed E-state index contributed by atoms with van der Waals surface area (Å²) in [7, 11) is 1.66. The van der Waals surface area contributed by atoms with Gasteiger partial charge in [-0.2, -0.15) is 5.26 Å². The monoisotopic (exact) mass is 538 g/mol. The van der Waals surface area contributed by atoms with Crippen LogP contribution < -0.4 is 14.5 Å². The highest BCUT2D eigenvalue weighted by atomic mass is 16.5. The number of aromatic nitrogens is 1. The van der Waals surface area contributed by atoms with Gasteiger partial charge in [0.15, 0.2) is 0 Å². The Morgan fingerprint density at radius 1 is 0.805 bits per heavy atom. The molecule has 0 spiro atoms. The summed E-state index contributed by atoms with van der Waals surface area (Å²) in [5.74, 6) is 1.54. The number of pyridine rings is 1. The maximum Gasteiger partial charge on any atom is 0.148 e. The van der Waals surface area contributed by atoms with Crippen molar-refractivity contribution in [1.29, 1.82) is 5.26 Å². The normalized spacial score (nSPS) is 13.2. The molecule has 1 aromatic heterocycles. The van der Waals surface area contributed by atoms with Crippen molar-refractivity contribution in [2.75, 3.05) is 30.0 Å². The van der Waals surface area contributed by atoms with E-state index in [-0.39, 0.29) is 0 Å². The minimum absolute atomic E-state index is 0.576. The number of rotatable bonds is 6. The number of benzene rings is 4. The summed E-state index contributed by atoms with van der Waals surface area (Å²) in [6.45, 7) is 6.00. The number of methoxy groups -OCH3 is 1. The highest BCUT2D eigenvalue weighted by molar-refractivity contribution is 6.08. The fraction of sp³-hybridized carbons (Fsp3) is 0.222. The molecule has 0 amide bonds. The molecule has 0 radical (unpaired) electrons. The summed E-state index contributed by atoms with van der Waals surface area (Å²) >= 11 is 0. The van der Waals surface area contributed by atoms with Crippen molar-refractivity contribution in [3.63, 3.8) is 0 Å². The third kappa shape index (κ3) is 4.87. The van der Waals surface area contributed by atoms with Crippen LogP contribution in [0.2, 0.25) is 0 Å². The lowest BCUT2D eigenvalue weighted by Gasteiger charge is -2.30. The molecular formula is C36H34N4O. The molecule has 0 atom stereocenters. The molecule has 0 N–H and O–H groups in total. The van der Waals surface area contributed by atoms with E-state index in [4.69, 9.17) is 9.72 Å². The van der Waals surface area contributed by atoms with E-state index in [2.05, 4.69) is 102 Å². The predicted octanol–water partition coefficient (Wildman–Crippen LogP) is 8.86. The molecule has 0 unspecified atom stereocenters. The van der Waals surface area contributed by atoms with Gasteiger partial charge in [-0.05, 0) is 92.1 Å². The molecule has 5 aromatic rings. The van der Waals surface area contributed by atoms with E-state index in [1.165, 1.54) is 6.42 Å². The fourth-order valence-electron chi connectivity index (χ4n) is 6.09. The SMILES string of the molecule is COc1c(C#N)c(C)cc2c(-c3ccc(N(c4ccccc4)c4ccccc4)cc3)c(C)nc(N3CCCCC3)c12. The molecule has 1 saturated heterocycles. The van der Waals surface area contributed by atoms with Crippen LogP contribution in [0.5, 0.6) is 5.75 Å². The highest BCUT2D eigenvalue weighted by Gasteiger charge is 2.25. The number of piperidine rings is 1. The average molecular weight is 539 g/mol. The number of anilines is 4. The molecule has 2 heterocycles. The summed E-state index contributed by atoms with van der Waals surface area (Å²) in [5.41, 5.74) is 7.89. The summed E-state index contributed by atoms with van der Waals surface area (Å²) in [5, 5.41) is 12.0. The molecule has 1 aliphatic heterocycles. The van der Waals surface area contributed by atoms with E-state index in [1.54, 1.807) is 7.11 Å². The minimum atomic E-state index is 0.576. The molecule has 1 aliphatic rings. The number of para-hydroxylation sites is 2. The van der Waals surface area contributed by atoms with Gasteiger partial charge in [-0.15, -0.1) is 0 Å². The lowest BCUT2D eigenvalue weighted by Crippen LogP contribution is -2.30. The Bertz CT molecular complexity index is 1680. The van der Waals surface area contributed by atoms with Crippen molar-refractivity contribution in [1.82, 2.24) is 4.98 Å². The second-order valence-electron chi connectivity index (χ2n) is 10.6. The molecule has 204 valence electrons. The third-order valence-corrected chi connectivity index (χ3v) is 8.02. The van der Waals surface area contributed by atoms with Gasteiger partial charge in [0, 0.05) is 41.4 Å². The van der Waals surface area contributed by atoms with Gasteiger partial charge in [0.25, 0.3) is 0 Å². The molecule has 0 aliphatic carbocycles. The molecule has 0 bridgehead atoms. The first kappa shape index (κ1) is 26.4. The first-order chi connectivity index (χ1) is 20.1. The fourth-order valence-corrected chi connectivity index (χ4v) is 6.09. The maximum atomic E-state index is 10.0. The highest BCUT2D eigenvalue weighted by Crippen LogP contribution is 2.44. The van der Waals surface area contributed by atoms with Crippen LogP contribution in [-0.2, 0) is 0 Å². The maximum absolute atomic E-state index is 10.0. The van der Waals surface area contributed by atoms with Crippen LogP contribution in [0, 0.1) is 25.2 Å². The number of nitriles is 1. The van der Waals surface area contributed by atoms with Crippen molar-refractivity contribution < 1.29 is 4.74 Å². The van der Waals surface area contributed by atoms with E-state index >= 15 is 0 Å². The summed E-state index contributed by atoms with van der Waals surface area (Å²) in [6, 6.07) is 34.1. The van der Waals surface area contributed by atoms with E-state index < -0.39 is 0 Å². The predicted molar refractivity (Wildman–Crippen MR) is 169 cm³/mol. The zero-order chi connectivity index (χ0) is 28.3. The van der Waals surface area contributed by atoms with E-state index in [9.17, 15) is 5.26 Å². The number of ether oxygens (including phenoxy) is 1. The number of hydrogen-bond acceptors (Lipinski definition) is 5. The van der Waals surface area contributed by atoms with Crippen LogP contribution in [0.1, 0.15) is 36.1 Å². The Labute approximate surface area is 242 Å². The average Bonchev–Trinajstić information content (AvgIpc) is 3.02. The van der Waals surface area contributed by atoms with Crippen molar-refractivity contribution in [2.24, 2.45) is 0 Å². The Balaban J connectivity index is 1.53. The van der Waals surface area contributed by atoms with Crippen LogP contribution in [0.15, 0.2) is 91.0 Å². The van der Waals surface area contributed by atoms with Crippen molar-refractivity contribution in [3.8, 4) is 22.9 Å². The summed E-state index contributed by atoms with van der Waals surface area (Å²) in [4.78, 5) is 9.82. The molecular weight excluding hydrogens is 504 g/mol. The molecule has 6 rings (SSSR count). The molecule has 0 saturated carbocycles. The summed E-state index contributed by atoms with van der Waals surface area (Å²) in [6.07, 6.45) is 3.52. The standard InChI is InChI=1S/C36H34N4O/c1-25-23-31-33(26(2)38-36(39-21-11-6-12-22-39)34(31)35(41-3)32(25)24-37)27-17-19-30(20-18-27)40(28-13-7-4-8-14-28)29-15-9-5-10-16-29/h4-5,7-10,13-20,23H,6,11-12,21-22H2,1-3H3. The van der Waals surface area contributed by atoms with Crippen LogP contribution in [-0.4, -0.2) is 25.2 Å². The van der Waals surface area contributed by atoms with Gasteiger partial charge in [0.2, 0.25) is 0 Å². The first-order valence-corrected chi connectivity index (χ1v) is 14.3. The first-order valence-electron chi connectivity index (χ1n) is 14.3. The summed E-state index contributed by atoms with van der Waals surface area (Å²) < 4.78 is 5.95. The second-order valence-corrected chi connectivity index (χ2v) is 10.6. The Morgan fingerprint density at radius 3 is 1.95 bits per heavy atom. The van der Waals surface area contributed by atoms with Crippen molar-refractivity contribution in [2.45, 2.75) is 33.1 Å². The quantitative estimate of drug-likeness (QED) is 0.216. The van der Waals surface area contributed by atoms with Gasteiger partial charge in [-0.25, -0.2) is 4.98 Å². The van der Waals surface area contributed by atoms with Crippen LogP contribution in [0.3, 0.4) is 0 Å². The second kappa shape index (κ2) is 11.3. The number of aryl methyl sites for hydroxylation is 2. The Kier molecular flexibility index (Phi) is 7.31. The number of fused-ring (bicyclic) bond motifs is 1. The van der Waals surface area contributed by atoms with Gasteiger partial charge in [0.05, 0.1) is 18.1 Å². The van der Waals surface area contributed by atoms with Crippen molar-refractivity contribution in [3.05, 3.63) is 108 Å². The van der Waals surface area contributed by atoms with Gasteiger partial charge in [0.1, 0.15) is 17.6 Å². The molecule has 41 heavy (non-hydrogen) atoms. The zero-order valence-corrected chi connectivity index (χ0v) is 23.9. The Morgan fingerprint density at radius 2 is 1.39 bits per heavy atom. The van der Waals surface area contributed by atoms with E-state index in [0.29, 0.717) is 11.3 Å². The topological polar surface area (TPSA) is 52.4 Å². The van der Waals surface area contributed by atoms with Gasteiger partial charge < -0.3 is 14.5 Å². The minimum Gasteiger partial charge on any atom is -0.495 e. The molecule has 5 nitrogen and oxygen atoms in total. The molecule has 1 fully saturated rings. The number of nitrogens with zero attached hydrogens (tertiary/aromatic N) is 4. The van der Waals surface area contributed by atoms with Gasteiger partial charge >= 0.3 is 0 Å². The van der Waals surface area contributed by atoms with E-state index in [1.807, 2.05) is 19.1 Å². The lowest BCUT2D eigenvalue weighted by molar-refractivity contribution is 0.418. The van der Waals surface area contributed by atoms with Crippen LogP contribution >= 0.6 is 0 Å². The smallest absolute Gasteiger partial charge is 0.148 e. The number of hydrogen-bond donors (Lipinski definition) is 0. The Hall–Kier alpha value is -4.82. The molecule has 4 aromatic carbocycles. The largest absolute Gasteiger partial charge is 0.495 e. The lowest BCUT2D eigenvalue weighted by atomic mass is 9.92. The van der Waals surface area contributed by atoms with Gasteiger partial charge in [-0.1, -0.05) is 48.5 Å². The third-order valence-electron chi connectivity index (χ3n) is 8.02. The molecule has 5 heteroatoms. The zero-order valence-electron chi connectivity index (χ0n) is 23.9.